The minimum atomic E-state index is -0.760. The summed E-state index contributed by atoms with van der Waals surface area (Å²) in [5, 5.41) is 3.31. The number of benzene rings is 1. The Hall–Kier alpha value is -1.59. The molecular weight excluding hydrogens is 268 g/mol. The van der Waals surface area contributed by atoms with Gasteiger partial charge in [-0.05, 0) is 31.5 Å². The molecule has 1 fully saturated rings. The highest BCUT2D eigenvalue weighted by Crippen LogP contribution is 2.31. The number of ether oxygens (including phenoxy) is 2. The number of hydrogen-bond donors (Lipinski definition) is 1. The summed E-state index contributed by atoms with van der Waals surface area (Å²) in [7, 11) is 1.63. The van der Waals surface area contributed by atoms with Crippen LogP contribution in [0.5, 0.6) is 5.75 Å². The van der Waals surface area contributed by atoms with Crippen LogP contribution >= 0.6 is 0 Å². The average Bonchev–Trinajstić information content (AvgIpc) is 2.55. The van der Waals surface area contributed by atoms with E-state index in [-0.39, 0.29) is 5.97 Å². The Labute approximate surface area is 126 Å². The van der Waals surface area contributed by atoms with E-state index in [1.165, 1.54) is 0 Å². The van der Waals surface area contributed by atoms with Crippen molar-refractivity contribution < 1.29 is 14.3 Å². The van der Waals surface area contributed by atoms with Crippen molar-refractivity contribution in [1.29, 1.82) is 0 Å². The molecule has 0 bridgehead atoms. The van der Waals surface area contributed by atoms with Crippen LogP contribution in [0.1, 0.15) is 19.4 Å². The van der Waals surface area contributed by atoms with E-state index in [4.69, 9.17) is 9.47 Å². The van der Waals surface area contributed by atoms with Crippen LogP contribution in [0.15, 0.2) is 24.3 Å². The van der Waals surface area contributed by atoms with E-state index in [0.29, 0.717) is 6.61 Å². The van der Waals surface area contributed by atoms with Gasteiger partial charge in [0.05, 0.1) is 13.7 Å². The van der Waals surface area contributed by atoms with Crippen molar-refractivity contribution in [2.24, 2.45) is 0 Å². The molecule has 1 saturated heterocycles. The van der Waals surface area contributed by atoms with Crippen LogP contribution in [0.4, 0.5) is 0 Å². The van der Waals surface area contributed by atoms with E-state index >= 15 is 0 Å². The van der Waals surface area contributed by atoms with Crippen LogP contribution in [0, 0.1) is 0 Å². The van der Waals surface area contributed by atoms with Gasteiger partial charge >= 0.3 is 5.97 Å². The summed E-state index contributed by atoms with van der Waals surface area (Å²) in [5.41, 5.74) is 0.174. The predicted octanol–water partition coefficient (Wildman–Crippen LogP) is 1.38. The molecule has 116 valence electrons. The quantitative estimate of drug-likeness (QED) is 0.831. The SMILES string of the molecule is CCOC(=O)C(C)(c1ccc(OC)cc1)N1CCNCC1. The van der Waals surface area contributed by atoms with Gasteiger partial charge in [-0.2, -0.15) is 0 Å². The fraction of sp³-hybridized carbons (Fsp3) is 0.562. The number of hydrogen-bond acceptors (Lipinski definition) is 5. The second kappa shape index (κ2) is 6.91. The highest BCUT2D eigenvalue weighted by molar-refractivity contribution is 5.82. The molecule has 5 heteroatoms. The zero-order valence-corrected chi connectivity index (χ0v) is 13.0. The van der Waals surface area contributed by atoms with Crippen molar-refractivity contribution in [2.75, 3.05) is 39.9 Å². The third kappa shape index (κ3) is 3.19. The third-order valence-electron chi connectivity index (χ3n) is 4.07. The Morgan fingerprint density at radius 1 is 1.29 bits per heavy atom. The molecule has 0 aromatic heterocycles. The first-order valence-electron chi connectivity index (χ1n) is 7.40. The van der Waals surface area contributed by atoms with Crippen molar-refractivity contribution in [2.45, 2.75) is 19.4 Å². The van der Waals surface area contributed by atoms with Gasteiger partial charge in [0.1, 0.15) is 11.3 Å². The summed E-state index contributed by atoms with van der Waals surface area (Å²) < 4.78 is 10.5. The van der Waals surface area contributed by atoms with Gasteiger partial charge in [0.25, 0.3) is 0 Å². The highest BCUT2D eigenvalue weighted by atomic mass is 16.5. The standard InChI is InChI=1S/C16H24N2O3/c1-4-21-15(19)16(2,18-11-9-17-10-12-18)13-5-7-14(20-3)8-6-13/h5-8,17H,4,9-12H2,1-3H3. The Morgan fingerprint density at radius 2 is 1.90 bits per heavy atom. The summed E-state index contributed by atoms with van der Waals surface area (Å²) in [6.07, 6.45) is 0. The number of nitrogens with zero attached hydrogens (tertiary/aromatic N) is 1. The molecule has 2 rings (SSSR count). The molecule has 1 N–H and O–H groups in total. The van der Waals surface area contributed by atoms with E-state index in [1.54, 1.807) is 7.11 Å². The molecule has 1 aliphatic heterocycles. The Balaban J connectivity index is 2.35. The largest absolute Gasteiger partial charge is 0.497 e. The van der Waals surface area contributed by atoms with Gasteiger partial charge in [0.15, 0.2) is 0 Å². The molecule has 1 atom stereocenters. The number of carbonyl (C=O) groups is 1. The van der Waals surface area contributed by atoms with E-state index in [2.05, 4.69) is 10.2 Å². The highest BCUT2D eigenvalue weighted by Gasteiger charge is 2.42. The normalized spacial score (nSPS) is 18.8. The molecule has 1 heterocycles. The zero-order chi connectivity index (χ0) is 15.3. The molecule has 1 aromatic rings. The van der Waals surface area contributed by atoms with Gasteiger partial charge in [0.2, 0.25) is 0 Å². The summed E-state index contributed by atoms with van der Waals surface area (Å²) in [6, 6.07) is 7.65. The maximum atomic E-state index is 12.6. The molecular formula is C16H24N2O3. The second-order valence-electron chi connectivity index (χ2n) is 5.26. The number of rotatable bonds is 5. The number of esters is 1. The Morgan fingerprint density at radius 3 is 2.43 bits per heavy atom. The predicted molar refractivity (Wildman–Crippen MR) is 81.4 cm³/mol. The van der Waals surface area contributed by atoms with E-state index in [9.17, 15) is 4.79 Å². The minimum absolute atomic E-state index is 0.197. The summed E-state index contributed by atoms with van der Waals surface area (Å²) in [6.45, 7) is 7.57. The maximum Gasteiger partial charge on any atom is 0.330 e. The van der Waals surface area contributed by atoms with Crippen LogP contribution in [0.2, 0.25) is 0 Å². The summed E-state index contributed by atoms with van der Waals surface area (Å²) in [4.78, 5) is 14.8. The van der Waals surface area contributed by atoms with Gasteiger partial charge in [-0.3, -0.25) is 4.90 Å². The van der Waals surface area contributed by atoms with Gasteiger partial charge in [0, 0.05) is 26.2 Å². The smallest absolute Gasteiger partial charge is 0.330 e. The number of piperazine rings is 1. The molecule has 0 amide bonds. The maximum absolute atomic E-state index is 12.6. The van der Waals surface area contributed by atoms with Crippen molar-refractivity contribution in [3.63, 3.8) is 0 Å². The lowest BCUT2D eigenvalue weighted by Crippen LogP contribution is -2.57. The van der Waals surface area contributed by atoms with Crippen molar-refractivity contribution in [3.8, 4) is 5.75 Å². The van der Waals surface area contributed by atoms with E-state index in [1.807, 2.05) is 38.1 Å². The molecule has 0 saturated carbocycles. The summed E-state index contributed by atoms with van der Waals surface area (Å²) in [5.74, 6) is 0.585. The molecule has 0 aliphatic carbocycles. The average molecular weight is 292 g/mol. The first-order chi connectivity index (χ1) is 10.1. The zero-order valence-electron chi connectivity index (χ0n) is 13.0. The minimum Gasteiger partial charge on any atom is -0.497 e. The fourth-order valence-corrected chi connectivity index (χ4v) is 2.73. The van der Waals surface area contributed by atoms with Crippen LogP contribution < -0.4 is 10.1 Å². The van der Waals surface area contributed by atoms with Gasteiger partial charge in [-0.1, -0.05) is 12.1 Å². The third-order valence-corrected chi connectivity index (χ3v) is 4.07. The van der Waals surface area contributed by atoms with Crippen LogP contribution in [-0.2, 0) is 15.1 Å². The first-order valence-corrected chi connectivity index (χ1v) is 7.40. The van der Waals surface area contributed by atoms with E-state index < -0.39 is 5.54 Å². The van der Waals surface area contributed by atoms with Crippen molar-refractivity contribution in [1.82, 2.24) is 10.2 Å². The fourth-order valence-electron chi connectivity index (χ4n) is 2.73. The Kier molecular flexibility index (Phi) is 5.20. The van der Waals surface area contributed by atoms with Crippen molar-refractivity contribution in [3.05, 3.63) is 29.8 Å². The van der Waals surface area contributed by atoms with Crippen LogP contribution in [0.25, 0.3) is 0 Å². The number of carbonyl (C=O) groups excluding carboxylic acids is 1. The monoisotopic (exact) mass is 292 g/mol. The van der Waals surface area contributed by atoms with E-state index in [0.717, 1.165) is 37.5 Å². The molecule has 1 aliphatic rings. The van der Waals surface area contributed by atoms with Crippen LogP contribution in [0.3, 0.4) is 0 Å². The lowest BCUT2D eigenvalue weighted by molar-refractivity contribution is -0.158. The molecule has 1 unspecified atom stereocenters. The molecule has 0 spiro atoms. The molecule has 21 heavy (non-hydrogen) atoms. The molecule has 0 radical (unpaired) electrons. The Bertz CT molecular complexity index is 469. The lowest BCUT2D eigenvalue weighted by Gasteiger charge is -2.41. The van der Waals surface area contributed by atoms with Gasteiger partial charge < -0.3 is 14.8 Å². The number of nitrogens with one attached hydrogen (secondary N) is 1. The molecule has 1 aromatic carbocycles. The van der Waals surface area contributed by atoms with Crippen molar-refractivity contribution >= 4 is 5.97 Å². The molecule has 5 nitrogen and oxygen atoms in total. The second-order valence-corrected chi connectivity index (χ2v) is 5.26. The lowest BCUT2D eigenvalue weighted by atomic mass is 9.89. The van der Waals surface area contributed by atoms with Gasteiger partial charge in [-0.15, -0.1) is 0 Å². The van der Waals surface area contributed by atoms with Gasteiger partial charge in [-0.25, -0.2) is 4.79 Å². The summed E-state index contributed by atoms with van der Waals surface area (Å²) >= 11 is 0. The first kappa shape index (κ1) is 15.8. The number of methoxy groups -OCH3 is 1. The topological polar surface area (TPSA) is 50.8 Å². The van der Waals surface area contributed by atoms with Crippen LogP contribution in [-0.4, -0.2) is 50.8 Å².